The molecule has 1 N–H and O–H groups in total. The zero-order valence-corrected chi connectivity index (χ0v) is 19.8. The Morgan fingerprint density at radius 1 is 1.06 bits per heavy atom. The first-order valence-electron chi connectivity index (χ1n) is 10.7. The third kappa shape index (κ3) is 5.07. The largest absolute Gasteiger partial charge is 0.497 e. The Kier molecular flexibility index (Phi) is 6.88. The van der Waals surface area contributed by atoms with Crippen LogP contribution in [0, 0.1) is 0 Å². The van der Waals surface area contributed by atoms with E-state index < -0.39 is 17.1 Å². The van der Waals surface area contributed by atoms with Crippen molar-refractivity contribution in [3.05, 3.63) is 71.1 Å². The molecule has 3 aromatic rings. The van der Waals surface area contributed by atoms with Crippen molar-refractivity contribution >= 4 is 51.4 Å². The van der Waals surface area contributed by atoms with E-state index in [-0.39, 0.29) is 17.6 Å². The van der Waals surface area contributed by atoms with Gasteiger partial charge in [0.2, 0.25) is 5.91 Å². The molecule has 0 radical (unpaired) electrons. The molecule has 1 aliphatic rings. The maximum Gasteiger partial charge on any atom is 0.294 e. The third-order valence-corrected chi connectivity index (χ3v) is 6.03. The van der Waals surface area contributed by atoms with Gasteiger partial charge in [-0.3, -0.25) is 19.3 Å². The second kappa shape index (κ2) is 10.0. The summed E-state index contributed by atoms with van der Waals surface area (Å²) >= 11 is 0.812. The highest BCUT2D eigenvalue weighted by Crippen LogP contribution is 2.37. The predicted octanol–water partition coefficient (Wildman–Crippen LogP) is 5.31. The Labute approximate surface area is 201 Å². The van der Waals surface area contributed by atoms with Crippen molar-refractivity contribution in [1.29, 1.82) is 0 Å². The Balaban J connectivity index is 1.57. The van der Waals surface area contributed by atoms with Gasteiger partial charge in [-0.1, -0.05) is 30.3 Å². The number of fused-ring (bicyclic) bond motifs is 1. The molecule has 1 heterocycles. The minimum Gasteiger partial charge on any atom is -0.497 e. The van der Waals surface area contributed by atoms with Gasteiger partial charge < -0.3 is 14.8 Å². The number of ether oxygens (including phenoxy) is 2. The van der Waals surface area contributed by atoms with Crippen LogP contribution in [0.5, 0.6) is 11.5 Å². The van der Waals surface area contributed by atoms with Crippen molar-refractivity contribution in [3.8, 4) is 11.5 Å². The second-order valence-corrected chi connectivity index (χ2v) is 8.90. The highest BCUT2D eigenvalue weighted by atomic mass is 32.2. The monoisotopic (exact) mass is 476 g/mol. The lowest BCUT2D eigenvalue weighted by Gasteiger charge is -2.15. The van der Waals surface area contributed by atoms with E-state index in [1.807, 2.05) is 50.2 Å². The molecule has 7 nitrogen and oxygen atoms in total. The summed E-state index contributed by atoms with van der Waals surface area (Å²) in [4.78, 5) is 39.3. The quantitative estimate of drug-likeness (QED) is 0.465. The molecule has 174 valence electrons. The van der Waals surface area contributed by atoms with Crippen molar-refractivity contribution in [2.24, 2.45) is 0 Å². The lowest BCUT2D eigenvalue weighted by Crippen LogP contribution is -2.36. The first-order valence-corrected chi connectivity index (χ1v) is 11.5. The molecule has 3 amide bonds. The number of hydrogen-bond donors (Lipinski definition) is 1. The second-order valence-electron chi connectivity index (χ2n) is 7.91. The first-order chi connectivity index (χ1) is 16.4. The molecule has 1 fully saturated rings. The number of carbonyl (C=O) groups excluding carboxylic acids is 3. The van der Waals surface area contributed by atoms with E-state index >= 15 is 0 Å². The minimum absolute atomic E-state index is 0.0648. The van der Waals surface area contributed by atoms with Crippen LogP contribution in [0.25, 0.3) is 16.8 Å². The molecule has 0 saturated carbocycles. The summed E-state index contributed by atoms with van der Waals surface area (Å²) in [5.74, 6) is 0.298. The zero-order valence-electron chi connectivity index (χ0n) is 19.0. The molecule has 0 atom stereocenters. The van der Waals surface area contributed by atoms with Gasteiger partial charge in [0.25, 0.3) is 11.1 Å². The highest BCUT2D eigenvalue weighted by Gasteiger charge is 2.36. The topological polar surface area (TPSA) is 84.9 Å². The molecule has 3 aromatic carbocycles. The van der Waals surface area contributed by atoms with Gasteiger partial charge in [-0.25, -0.2) is 0 Å². The van der Waals surface area contributed by atoms with Crippen LogP contribution in [-0.4, -0.2) is 41.7 Å². The van der Waals surface area contributed by atoms with Gasteiger partial charge in [0.15, 0.2) is 0 Å². The number of rotatable bonds is 7. The molecule has 34 heavy (non-hydrogen) atoms. The van der Waals surface area contributed by atoms with E-state index in [2.05, 4.69) is 5.32 Å². The summed E-state index contributed by atoms with van der Waals surface area (Å²) in [5, 5.41) is 4.09. The summed E-state index contributed by atoms with van der Waals surface area (Å²) < 4.78 is 11.1. The number of anilines is 1. The summed E-state index contributed by atoms with van der Waals surface area (Å²) in [6, 6.07) is 18.4. The third-order valence-electron chi connectivity index (χ3n) is 5.12. The van der Waals surface area contributed by atoms with Crippen molar-refractivity contribution in [3.63, 3.8) is 0 Å². The van der Waals surface area contributed by atoms with Crippen LogP contribution >= 0.6 is 11.8 Å². The molecule has 0 bridgehead atoms. The lowest BCUT2D eigenvalue weighted by molar-refractivity contribution is -0.127. The van der Waals surface area contributed by atoms with Crippen LogP contribution in [0.15, 0.2) is 65.6 Å². The van der Waals surface area contributed by atoms with Crippen molar-refractivity contribution in [1.82, 2.24) is 4.90 Å². The lowest BCUT2D eigenvalue weighted by atomic mass is 10.0. The number of imide groups is 1. The average Bonchev–Trinajstić information content (AvgIpc) is 3.08. The number of thioether (sulfide) groups is 1. The van der Waals surface area contributed by atoms with Gasteiger partial charge in [0.1, 0.15) is 18.0 Å². The Bertz CT molecular complexity index is 1280. The summed E-state index contributed by atoms with van der Waals surface area (Å²) in [6.07, 6.45) is 1.61. The number of methoxy groups -OCH3 is 1. The average molecular weight is 477 g/mol. The van der Waals surface area contributed by atoms with Gasteiger partial charge in [-0.2, -0.15) is 0 Å². The molecule has 0 aromatic heterocycles. The van der Waals surface area contributed by atoms with Crippen LogP contribution in [-0.2, 0) is 9.59 Å². The maximum atomic E-state index is 13.0. The van der Waals surface area contributed by atoms with E-state index in [0.29, 0.717) is 17.2 Å². The molecular weight excluding hydrogens is 452 g/mol. The molecule has 4 rings (SSSR count). The van der Waals surface area contributed by atoms with Crippen LogP contribution in [0.4, 0.5) is 10.5 Å². The van der Waals surface area contributed by atoms with Crippen LogP contribution in [0.1, 0.15) is 19.4 Å². The molecule has 8 heteroatoms. The molecular formula is C26H24N2O5S. The van der Waals surface area contributed by atoms with Crippen molar-refractivity contribution < 1.29 is 23.9 Å². The van der Waals surface area contributed by atoms with Gasteiger partial charge in [0, 0.05) is 11.3 Å². The fraction of sp³-hybridized carbons (Fsp3) is 0.192. The van der Waals surface area contributed by atoms with Crippen molar-refractivity contribution in [2.75, 3.05) is 19.0 Å². The SMILES string of the molecule is COc1ccc(NC(=O)CN2C(=O)S/C(=C\c3c(OC(C)C)ccc4ccccc34)C2=O)cc1. The van der Waals surface area contributed by atoms with E-state index in [1.54, 1.807) is 37.5 Å². The van der Waals surface area contributed by atoms with Crippen molar-refractivity contribution in [2.45, 2.75) is 20.0 Å². The number of amides is 3. The molecule has 1 saturated heterocycles. The number of benzene rings is 3. The first kappa shape index (κ1) is 23.4. The van der Waals surface area contributed by atoms with Crippen LogP contribution in [0.2, 0.25) is 0 Å². The smallest absolute Gasteiger partial charge is 0.294 e. The molecule has 1 aliphatic heterocycles. The number of carbonyl (C=O) groups is 3. The number of nitrogens with one attached hydrogen (secondary N) is 1. The zero-order chi connectivity index (χ0) is 24.2. The van der Waals surface area contributed by atoms with Gasteiger partial charge >= 0.3 is 0 Å². The Morgan fingerprint density at radius 3 is 2.50 bits per heavy atom. The standard InChI is InChI=1S/C26H24N2O5S/c1-16(2)33-22-13-8-17-6-4-5-7-20(17)21(22)14-23-25(30)28(26(31)34-23)15-24(29)27-18-9-11-19(32-3)12-10-18/h4-14,16H,15H2,1-3H3,(H,27,29)/b23-14-. The number of hydrogen-bond acceptors (Lipinski definition) is 6. The molecule has 0 aliphatic carbocycles. The van der Waals surface area contributed by atoms with Crippen LogP contribution in [0.3, 0.4) is 0 Å². The summed E-state index contributed by atoms with van der Waals surface area (Å²) in [7, 11) is 1.55. The van der Waals surface area contributed by atoms with E-state index in [0.717, 1.165) is 33.0 Å². The Morgan fingerprint density at radius 2 is 1.79 bits per heavy atom. The summed E-state index contributed by atoms with van der Waals surface area (Å²) in [6.45, 7) is 3.47. The maximum absolute atomic E-state index is 13.0. The normalized spacial score (nSPS) is 14.8. The molecule has 0 spiro atoms. The Hall–Kier alpha value is -3.78. The number of nitrogens with zero attached hydrogens (tertiary/aromatic N) is 1. The van der Waals surface area contributed by atoms with E-state index in [1.165, 1.54) is 0 Å². The fourth-order valence-corrected chi connectivity index (χ4v) is 4.39. The predicted molar refractivity (Wildman–Crippen MR) is 134 cm³/mol. The van der Waals surface area contributed by atoms with E-state index in [9.17, 15) is 14.4 Å². The molecule has 0 unspecified atom stereocenters. The van der Waals surface area contributed by atoms with Crippen LogP contribution < -0.4 is 14.8 Å². The van der Waals surface area contributed by atoms with E-state index in [4.69, 9.17) is 9.47 Å². The van der Waals surface area contributed by atoms with Gasteiger partial charge in [0.05, 0.1) is 18.1 Å². The van der Waals surface area contributed by atoms with Gasteiger partial charge in [-0.05, 0) is 72.8 Å². The van der Waals surface area contributed by atoms with Gasteiger partial charge in [-0.15, -0.1) is 0 Å². The minimum atomic E-state index is -0.511. The summed E-state index contributed by atoms with van der Waals surface area (Å²) in [5.41, 5.74) is 1.26. The highest BCUT2D eigenvalue weighted by molar-refractivity contribution is 8.18. The fourth-order valence-electron chi connectivity index (χ4n) is 3.57.